The van der Waals surface area contributed by atoms with Crippen molar-refractivity contribution < 1.29 is 28.8 Å². The predicted octanol–water partition coefficient (Wildman–Crippen LogP) is 1.64. The van der Waals surface area contributed by atoms with Crippen molar-refractivity contribution in [3.8, 4) is 0 Å². The number of carbonyl (C=O) groups excluding carboxylic acids is 1. The van der Waals surface area contributed by atoms with Crippen LogP contribution in [0.15, 0.2) is 36.9 Å². The predicted molar refractivity (Wildman–Crippen MR) is 65.6 cm³/mol. The Balaban J connectivity index is 0.000000411. The zero-order chi connectivity index (χ0) is 14.1. The first-order valence-electron chi connectivity index (χ1n) is 4.47. The van der Waals surface area contributed by atoms with Gasteiger partial charge in [0.15, 0.2) is 0 Å². The van der Waals surface area contributed by atoms with E-state index in [2.05, 4.69) is 23.7 Å². The molecule has 0 spiro atoms. The Hall–Kier alpha value is -2.28. The second-order valence-electron chi connectivity index (χ2n) is 2.77. The maximum atomic E-state index is 10.5. The molecule has 0 unspecified atom stereocenters. The smallest absolute Gasteiger partial charge is 0.341 e. The Kier molecular flexibility index (Phi) is 6.91. The lowest BCUT2D eigenvalue weighted by atomic mass is 10.1. The van der Waals surface area contributed by atoms with E-state index in [1.165, 1.54) is 24.3 Å². The third-order valence-electron chi connectivity index (χ3n) is 1.64. The maximum Gasteiger partial charge on any atom is 0.341 e. The number of hydrogen-bond donors (Lipinski definition) is 3. The molecule has 0 fully saturated rings. The van der Waals surface area contributed by atoms with Gasteiger partial charge in [0.25, 0.3) is 0 Å². The average molecular weight is 270 g/mol. The molecule has 0 aromatic heterocycles. The molecule has 0 saturated carbocycles. The fraction of sp³-hybridized carbons (Fsp3) is 0. The third-order valence-corrected chi connectivity index (χ3v) is 1.82. The molecule has 0 aliphatic carbocycles. The van der Waals surface area contributed by atoms with Gasteiger partial charge in [0.1, 0.15) is 0 Å². The van der Waals surface area contributed by atoms with E-state index < -0.39 is 17.9 Å². The molecule has 1 rings (SSSR count). The van der Waals surface area contributed by atoms with Crippen LogP contribution in [0.5, 0.6) is 0 Å². The number of carbonyl (C=O) groups is 3. The molecule has 0 aliphatic heterocycles. The molecule has 0 radical (unpaired) electrons. The van der Waals surface area contributed by atoms with E-state index in [1.807, 2.05) is 0 Å². The van der Waals surface area contributed by atoms with E-state index in [0.717, 1.165) is 6.08 Å². The molecular formula is C11H10O6S. The van der Waals surface area contributed by atoms with Crippen molar-refractivity contribution in [3.63, 3.8) is 0 Å². The molecular weight excluding hydrogens is 260 g/mol. The van der Waals surface area contributed by atoms with Gasteiger partial charge in [0.2, 0.25) is 0 Å². The van der Waals surface area contributed by atoms with Crippen molar-refractivity contribution in [3.05, 3.63) is 48.0 Å². The fourth-order valence-corrected chi connectivity index (χ4v) is 0.968. The van der Waals surface area contributed by atoms with Crippen LogP contribution in [0.4, 0.5) is 0 Å². The van der Waals surface area contributed by atoms with Crippen LogP contribution in [-0.4, -0.2) is 28.1 Å². The monoisotopic (exact) mass is 270 g/mol. The van der Waals surface area contributed by atoms with Crippen molar-refractivity contribution in [1.29, 1.82) is 0 Å². The van der Waals surface area contributed by atoms with E-state index in [-0.39, 0.29) is 11.1 Å². The summed E-state index contributed by atoms with van der Waals surface area (Å²) in [7, 11) is 0. The summed E-state index contributed by atoms with van der Waals surface area (Å²) < 4.78 is 3.84. The topological polar surface area (TPSA) is 101 Å². The molecule has 18 heavy (non-hydrogen) atoms. The molecule has 0 amide bonds. The number of hydrogen-bond acceptors (Lipinski definition) is 5. The lowest BCUT2D eigenvalue weighted by molar-refractivity contribution is -0.127. The zero-order valence-electron chi connectivity index (χ0n) is 9.07. The van der Waals surface area contributed by atoms with Gasteiger partial charge in [-0.2, -0.15) is 0 Å². The summed E-state index contributed by atoms with van der Waals surface area (Å²) in [5.41, 5.74) is -0.380. The van der Waals surface area contributed by atoms with Gasteiger partial charge >= 0.3 is 17.9 Å². The summed E-state index contributed by atoms with van der Waals surface area (Å²) >= 11 is 3.17. The summed E-state index contributed by atoms with van der Waals surface area (Å²) in [6.07, 6.45) is 1.03. The number of thiol groups is 1. The quantitative estimate of drug-likeness (QED) is 0.438. The first kappa shape index (κ1) is 15.7. The first-order chi connectivity index (χ1) is 8.43. The van der Waals surface area contributed by atoms with Gasteiger partial charge in [-0.15, -0.1) is 0 Å². The van der Waals surface area contributed by atoms with Gasteiger partial charge in [-0.3, -0.25) is 0 Å². The van der Waals surface area contributed by atoms with Crippen LogP contribution in [0.25, 0.3) is 0 Å². The van der Waals surface area contributed by atoms with E-state index in [0.29, 0.717) is 0 Å². The van der Waals surface area contributed by atoms with Gasteiger partial charge in [-0.05, 0) is 12.1 Å². The molecule has 6 nitrogen and oxygen atoms in total. The van der Waals surface area contributed by atoms with Crippen LogP contribution in [0.1, 0.15) is 20.7 Å². The summed E-state index contributed by atoms with van der Waals surface area (Å²) in [6, 6.07) is 5.48. The highest BCUT2D eigenvalue weighted by Gasteiger charge is 2.13. The second kappa shape index (κ2) is 7.91. The molecule has 2 N–H and O–H groups in total. The highest BCUT2D eigenvalue weighted by molar-refractivity contribution is 7.75. The molecule has 0 saturated heterocycles. The normalized spacial score (nSPS) is 8.50. The van der Waals surface area contributed by atoms with Crippen molar-refractivity contribution in [2.45, 2.75) is 0 Å². The van der Waals surface area contributed by atoms with Crippen molar-refractivity contribution in [1.82, 2.24) is 0 Å². The van der Waals surface area contributed by atoms with Gasteiger partial charge in [0.05, 0.1) is 11.1 Å². The van der Waals surface area contributed by atoms with Crippen molar-refractivity contribution >= 4 is 30.8 Å². The average Bonchev–Trinajstić information content (AvgIpc) is 2.38. The minimum atomic E-state index is -1.23. The van der Waals surface area contributed by atoms with E-state index in [4.69, 9.17) is 10.2 Å². The number of aromatic carboxylic acids is 2. The Morgan fingerprint density at radius 2 is 1.50 bits per heavy atom. The molecule has 0 atom stereocenters. The van der Waals surface area contributed by atoms with Crippen LogP contribution in [0.3, 0.4) is 0 Å². The van der Waals surface area contributed by atoms with Crippen LogP contribution in [-0.2, 0) is 8.98 Å². The lowest BCUT2D eigenvalue weighted by Crippen LogP contribution is -2.06. The Morgan fingerprint density at radius 1 is 1.11 bits per heavy atom. The number of benzene rings is 1. The lowest BCUT2D eigenvalue weighted by Gasteiger charge is -1.98. The molecule has 7 heteroatoms. The van der Waals surface area contributed by atoms with Crippen LogP contribution >= 0.6 is 12.9 Å². The zero-order valence-corrected chi connectivity index (χ0v) is 9.96. The van der Waals surface area contributed by atoms with E-state index >= 15 is 0 Å². The SMILES string of the molecule is C=CC(=O)OS.O=C(O)c1ccccc1C(=O)O. The van der Waals surface area contributed by atoms with Crippen LogP contribution < -0.4 is 0 Å². The Bertz CT molecular complexity index is 435. The molecule has 1 aromatic carbocycles. The Morgan fingerprint density at radius 3 is 1.67 bits per heavy atom. The third kappa shape index (κ3) is 5.17. The molecule has 96 valence electrons. The molecule has 1 aromatic rings. The number of carboxylic acids is 2. The molecule has 0 aliphatic rings. The van der Waals surface area contributed by atoms with Gasteiger partial charge in [-0.1, -0.05) is 18.7 Å². The van der Waals surface area contributed by atoms with Gasteiger partial charge in [0, 0.05) is 19.0 Å². The first-order valence-corrected chi connectivity index (χ1v) is 4.84. The molecule has 0 bridgehead atoms. The highest BCUT2D eigenvalue weighted by atomic mass is 32.1. The number of rotatable bonds is 3. The van der Waals surface area contributed by atoms with Crippen LogP contribution in [0, 0.1) is 0 Å². The minimum Gasteiger partial charge on any atom is -0.478 e. The van der Waals surface area contributed by atoms with E-state index in [9.17, 15) is 14.4 Å². The Labute approximate surface area is 108 Å². The minimum absolute atomic E-state index is 0.190. The van der Waals surface area contributed by atoms with Gasteiger partial charge < -0.3 is 14.4 Å². The number of carboxylic acid groups (broad SMARTS) is 2. The van der Waals surface area contributed by atoms with E-state index in [1.54, 1.807) is 0 Å². The fourth-order valence-electron chi connectivity index (χ4n) is 0.893. The maximum absolute atomic E-state index is 10.5. The van der Waals surface area contributed by atoms with Crippen LogP contribution in [0.2, 0.25) is 0 Å². The highest BCUT2D eigenvalue weighted by Crippen LogP contribution is 2.07. The second-order valence-corrected chi connectivity index (χ2v) is 2.95. The standard InChI is InChI=1S/C8H6O4.C3H4O2S/c9-7(10)5-3-1-2-4-6(5)8(11)12;1-2-3(4)5-6/h1-4H,(H,9,10)(H,11,12);2,6H,1H2. The summed E-state index contributed by atoms with van der Waals surface area (Å²) in [5, 5.41) is 17.1. The largest absolute Gasteiger partial charge is 0.478 e. The van der Waals surface area contributed by atoms with Crippen molar-refractivity contribution in [2.24, 2.45) is 0 Å². The summed E-state index contributed by atoms with van der Waals surface area (Å²) in [4.78, 5) is 30.7. The van der Waals surface area contributed by atoms with Crippen molar-refractivity contribution in [2.75, 3.05) is 0 Å². The summed E-state index contributed by atoms with van der Waals surface area (Å²) in [5.74, 6) is -2.99. The van der Waals surface area contributed by atoms with Gasteiger partial charge in [-0.25, -0.2) is 14.4 Å². The molecule has 0 heterocycles. The summed E-state index contributed by atoms with van der Waals surface area (Å²) in [6.45, 7) is 3.11.